The molecule has 0 aliphatic carbocycles. The quantitative estimate of drug-likeness (QED) is 0.241. The van der Waals surface area contributed by atoms with Gasteiger partial charge in [0.15, 0.2) is 0 Å². The summed E-state index contributed by atoms with van der Waals surface area (Å²) in [5.41, 5.74) is 8.47. The number of nitrogens with one attached hydrogen (secondary N) is 4. The number of benzene rings is 3. The molecule has 0 aliphatic heterocycles. The summed E-state index contributed by atoms with van der Waals surface area (Å²) in [7, 11) is 0. The van der Waals surface area contributed by atoms with Crippen molar-refractivity contribution < 1.29 is 19.2 Å². The SMILES string of the molecule is CCC(=O)Nc1ccc(C(=O)NN=Cc2ccc(C=NNC(=O)c3ccc(NC(=O)CC)cc3)cc2)cc1. The number of rotatable bonds is 10. The summed E-state index contributed by atoms with van der Waals surface area (Å²) in [5.74, 6) is -0.963. The maximum absolute atomic E-state index is 12.2. The van der Waals surface area contributed by atoms with Gasteiger partial charge in [0, 0.05) is 35.3 Å². The lowest BCUT2D eigenvalue weighted by Crippen LogP contribution is -2.18. The van der Waals surface area contributed by atoms with Crippen LogP contribution in [0, 0.1) is 0 Å². The summed E-state index contributed by atoms with van der Waals surface area (Å²) in [5, 5.41) is 13.4. The van der Waals surface area contributed by atoms with Crippen LogP contribution < -0.4 is 21.5 Å². The predicted molar refractivity (Wildman–Crippen MR) is 147 cm³/mol. The van der Waals surface area contributed by atoms with Crippen LogP contribution in [-0.4, -0.2) is 36.1 Å². The van der Waals surface area contributed by atoms with Crippen molar-refractivity contribution in [2.75, 3.05) is 10.6 Å². The molecule has 0 atom stereocenters. The monoisotopic (exact) mass is 512 g/mol. The third kappa shape index (κ3) is 8.52. The van der Waals surface area contributed by atoms with Crippen LogP contribution in [0.15, 0.2) is 83.0 Å². The molecule has 0 aliphatic rings. The van der Waals surface area contributed by atoms with E-state index in [1.54, 1.807) is 86.6 Å². The fraction of sp³-hybridized carbons (Fsp3) is 0.143. The van der Waals surface area contributed by atoms with Crippen molar-refractivity contribution in [3.05, 3.63) is 95.1 Å². The van der Waals surface area contributed by atoms with Gasteiger partial charge in [0.25, 0.3) is 11.8 Å². The lowest BCUT2D eigenvalue weighted by Gasteiger charge is -2.05. The zero-order chi connectivity index (χ0) is 27.3. The van der Waals surface area contributed by atoms with Gasteiger partial charge < -0.3 is 10.6 Å². The average Bonchev–Trinajstić information content (AvgIpc) is 2.94. The second kappa shape index (κ2) is 13.8. The minimum absolute atomic E-state index is 0.101. The van der Waals surface area contributed by atoms with Crippen LogP contribution in [-0.2, 0) is 9.59 Å². The summed E-state index contributed by atoms with van der Waals surface area (Å²) in [4.78, 5) is 47.3. The lowest BCUT2D eigenvalue weighted by molar-refractivity contribution is -0.116. The molecule has 0 radical (unpaired) electrons. The Morgan fingerprint density at radius 3 is 1.24 bits per heavy atom. The maximum Gasteiger partial charge on any atom is 0.271 e. The summed E-state index contributed by atoms with van der Waals surface area (Å²) >= 11 is 0. The van der Waals surface area contributed by atoms with E-state index in [1.807, 2.05) is 0 Å². The molecule has 38 heavy (non-hydrogen) atoms. The van der Waals surface area contributed by atoms with E-state index >= 15 is 0 Å². The zero-order valence-electron chi connectivity index (χ0n) is 21.0. The lowest BCUT2D eigenvalue weighted by atomic mass is 10.2. The highest BCUT2D eigenvalue weighted by Gasteiger charge is 2.06. The van der Waals surface area contributed by atoms with Crippen molar-refractivity contribution in [2.45, 2.75) is 26.7 Å². The van der Waals surface area contributed by atoms with Gasteiger partial charge in [-0.05, 0) is 59.7 Å². The highest BCUT2D eigenvalue weighted by Crippen LogP contribution is 2.11. The fourth-order valence-electron chi connectivity index (χ4n) is 3.04. The van der Waals surface area contributed by atoms with Crippen LogP contribution in [0.25, 0.3) is 0 Å². The first-order valence-electron chi connectivity index (χ1n) is 11.9. The van der Waals surface area contributed by atoms with E-state index in [9.17, 15) is 19.2 Å². The number of anilines is 2. The second-order valence-corrected chi connectivity index (χ2v) is 8.02. The Kier molecular flexibility index (Phi) is 10.00. The first kappa shape index (κ1) is 27.5. The Labute approximate surface area is 220 Å². The molecule has 0 unspecified atom stereocenters. The van der Waals surface area contributed by atoms with Gasteiger partial charge in [-0.15, -0.1) is 0 Å². The molecule has 4 N–H and O–H groups in total. The third-order valence-electron chi connectivity index (χ3n) is 5.20. The second-order valence-electron chi connectivity index (χ2n) is 8.02. The Morgan fingerprint density at radius 1 is 0.579 bits per heavy atom. The average molecular weight is 513 g/mol. The standard InChI is InChI=1S/C28H28N6O4/c1-3-25(35)31-23-13-9-21(10-14-23)27(37)33-29-17-19-5-7-20(8-6-19)18-30-34-28(38)22-11-15-24(16-12-22)32-26(36)4-2/h5-18H,3-4H2,1-2H3,(H,31,35)(H,32,36)(H,33,37)(H,34,38). The van der Waals surface area contributed by atoms with Crippen LogP contribution in [0.3, 0.4) is 0 Å². The van der Waals surface area contributed by atoms with Crippen LogP contribution in [0.4, 0.5) is 11.4 Å². The Bertz CT molecular complexity index is 1230. The number of nitrogens with zero attached hydrogens (tertiary/aromatic N) is 2. The summed E-state index contributed by atoms with van der Waals surface area (Å²) in [6, 6.07) is 20.2. The van der Waals surface area contributed by atoms with E-state index in [2.05, 4.69) is 31.7 Å². The van der Waals surface area contributed by atoms with Crippen molar-refractivity contribution in [1.29, 1.82) is 0 Å². The van der Waals surface area contributed by atoms with E-state index in [-0.39, 0.29) is 23.6 Å². The Balaban J connectivity index is 1.46. The normalized spacial score (nSPS) is 10.8. The molecular weight excluding hydrogens is 484 g/mol. The van der Waals surface area contributed by atoms with Gasteiger partial charge in [-0.2, -0.15) is 10.2 Å². The van der Waals surface area contributed by atoms with Crippen molar-refractivity contribution in [1.82, 2.24) is 10.9 Å². The molecule has 194 valence electrons. The van der Waals surface area contributed by atoms with E-state index in [1.165, 1.54) is 12.4 Å². The van der Waals surface area contributed by atoms with Gasteiger partial charge in [-0.25, -0.2) is 10.9 Å². The van der Waals surface area contributed by atoms with E-state index < -0.39 is 0 Å². The Hall–Kier alpha value is -5.12. The molecule has 0 saturated heterocycles. The van der Waals surface area contributed by atoms with Crippen LogP contribution in [0.2, 0.25) is 0 Å². The van der Waals surface area contributed by atoms with Gasteiger partial charge in [-0.3, -0.25) is 19.2 Å². The predicted octanol–water partition coefficient (Wildman–Crippen LogP) is 3.91. The highest BCUT2D eigenvalue weighted by atomic mass is 16.2. The van der Waals surface area contributed by atoms with Crippen molar-refractivity contribution in [3.8, 4) is 0 Å². The molecular formula is C28H28N6O4. The van der Waals surface area contributed by atoms with Crippen molar-refractivity contribution >= 4 is 47.4 Å². The molecule has 0 heterocycles. The maximum atomic E-state index is 12.2. The van der Waals surface area contributed by atoms with Gasteiger partial charge in [-0.1, -0.05) is 38.1 Å². The number of hydrogen-bond donors (Lipinski definition) is 4. The van der Waals surface area contributed by atoms with Gasteiger partial charge in [0.1, 0.15) is 0 Å². The van der Waals surface area contributed by atoms with Crippen LogP contribution in [0.5, 0.6) is 0 Å². The van der Waals surface area contributed by atoms with Gasteiger partial charge >= 0.3 is 0 Å². The number of carbonyl (C=O) groups is 4. The van der Waals surface area contributed by atoms with E-state index in [0.29, 0.717) is 35.3 Å². The van der Waals surface area contributed by atoms with Crippen molar-refractivity contribution in [2.24, 2.45) is 10.2 Å². The minimum atomic E-state index is -0.380. The number of hydrogen-bond acceptors (Lipinski definition) is 6. The molecule has 3 rings (SSSR count). The van der Waals surface area contributed by atoms with Gasteiger partial charge in [0.05, 0.1) is 12.4 Å². The third-order valence-corrected chi connectivity index (χ3v) is 5.20. The summed E-state index contributed by atoms with van der Waals surface area (Å²) in [6.45, 7) is 3.52. The van der Waals surface area contributed by atoms with Crippen LogP contribution in [0.1, 0.15) is 58.5 Å². The number of amides is 4. The topological polar surface area (TPSA) is 141 Å². The molecule has 0 saturated carbocycles. The molecule has 0 aromatic heterocycles. The smallest absolute Gasteiger partial charge is 0.271 e. The zero-order valence-corrected chi connectivity index (χ0v) is 21.0. The fourth-order valence-corrected chi connectivity index (χ4v) is 3.04. The molecule has 0 bridgehead atoms. The molecule has 3 aromatic rings. The largest absolute Gasteiger partial charge is 0.326 e. The highest BCUT2D eigenvalue weighted by molar-refractivity contribution is 5.97. The van der Waals surface area contributed by atoms with Crippen molar-refractivity contribution in [3.63, 3.8) is 0 Å². The first-order valence-corrected chi connectivity index (χ1v) is 11.9. The number of hydrazone groups is 2. The molecule has 10 nitrogen and oxygen atoms in total. The van der Waals surface area contributed by atoms with E-state index in [4.69, 9.17) is 0 Å². The Morgan fingerprint density at radius 2 is 0.921 bits per heavy atom. The number of carbonyl (C=O) groups excluding carboxylic acids is 4. The van der Waals surface area contributed by atoms with Crippen LogP contribution >= 0.6 is 0 Å². The van der Waals surface area contributed by atoms with E-state index in [0.717, 1.165) is 11.1 Å². The molecule has 10 heteroatoms. The first-order chi connectivity index (χ1) is 18.4. The van der Waals surface area contributed by atoms with Gasteiger partial charge in [0.2, 0.25) is 11.8 Å². The summed E-state index contributed by atoms with van der Waals surface area (Å²) < 4.78 is 0. The molecule has 0 spiro atoms. The molecule has 0 fully saturated rings. The molecule has 4 amide bonds. The molecule has 3 aromatic carbocycles. The minimum Gasteiger partial charge on any atom is -0.326 e. The summed E-state index contributed by atoms with van der Waals surface area (Å²) in [6.07, 6.45) is 3.75.